The molecule has 0 saturated carbocycles. The van der Waals surface area contributed by atoms with Gasteiger partial charge in [0, 0.05) is 33.0 Å². The van der Waals surface area contributed by atoms with Crippen molar-refractivity contribution in [1.29, 1.82) is 0 Å². The van der Waals surface area contributed by atoms with Gasteiger partial charge in [-0.15, -0.1) is 0 Å². The highest BCUT2D eigenvalue weighted by Crippen LogP contribution is 2.50. The fourth-order valence-corrected chi connectivity index (χ4v) is 7.96. The zero-order valence-electron chi connectivity index (χ0n) is 27.3. The van der Waals surface area contributed by atoms with Gasteiger partial charge < -0.3 is 4.42 Å². The molecule has 0 atom stereocenters. The number of aromatic nitrogens is 3. The molecule has 51 heavy (non-hydrogen) atoms. The number of hydrogen-bond acceptors (Lipinski definition) is 4. The molecule has 11 rings (SSSR count). The van der Waals surface area contributed by atoms with E-state index in [1.54, 1.807) is 0 Å². The summed E-state index contributed by atoms with van der Waals surface area (Å²) in [5, 5.41) is 6.85. The SMILES string of the molecule is c1ccc(-c2nc(-c3ccc4ccccc4c3)nc(-c3cccc4oc5c(-c6ccc7c8c(cccc68)-c6ccccc6-7)cccc5c34)n2)cc1. The minimum absolute atomic E-state index is 0.605. The van der Waals surface area contributed by atoms with Gasteiger partial charge >= 0.3 is 0 Å². The normalized spacial score (nSPS) is 11.9. The van der Waals surface area contributed by atoms with E-state index >= 15 is 0 Å². The van der Waals surface area contributed by atoms with Crippen LogP contribution in [-0.2, 0) is 0 Å². The van der Waals surface area contributed by atoms with E-state index in [1.165, 1.54) is 38.4 Å². The number of hydrogen-bond donors (Lipinski definition) is 0. The highest BCUT2D eigenvalue weighted by Gasteiger charge is 2.24. The minimum Gasteiger partial charge on any atom is -0.455 e. The second-order valence-electron chi connectivity index (χ2n) is 13.1. The summed E-state index contributed by atoms with van der Waals surface area (Å²) in [6.45, 7) is 0. The average Bonchev–Trinajstić information content (AvgIpc) is 3.75. The van der Waals surface area contributed by atoms with Crippen LogP contribution >= 0.6 is 0 Å². The first-order valence-corrected chi connectivity index (χ1v) is 17.2. The molecule has 2 heterocycles. The average molecular weight is 650 g/mol. The summed E-state index contributed by atoms with van der Waals surface area (Å²) >= 11 is 0. The van der Waals surface area contributed by atoms with Crippen LogP contribution in [0.15, 0.2) is 168 Å². The third kappa shape index (κ3) is 4.23. The van der Waals surface area contributed by atoms with Crippen molar-refractivity contribution in [2.45, 2.75) is 0 Å². The van der Waals surface area contributed by atoms with Crippen LogP contribution in [0.3, 0.4) is 0 Å². The van der Waals surface area contributed by atoms with Crippen molar-refractivity contribution in [3.63, 3.8) is 0 Å². The van der Waals surface area contributed by atoms with Crippen molar-refractivity contribution in [3.05, 3.63) is 164 Å². The van der Waals surface area contributed by atoms with Crippen molar-refractivity contribution in [3.8, 4) is 67.5 Å². The molecule has 4 heteroatoms. The second kappa shape index (κ2) is 10.8. The van der Waals surface area contributed by atoms with Gasteiger partial charge in [-0.3, -0.25) is 0 Å². The van der Waals surface area contributed by atoms with E-state index in [2.05, 4.69) is 121 Å². The van der Waals surface area contributed by atoms with Crippen LogP contribution in [0.4, 0.5) is 0 Å². The quantitative estimate of drug-likeness (QED) is 0.190. The Bertz CT molecular complexity index is 3000. The molecule has 236 valence electrons. The molecule has 0 radical (unpaired) electrons. The third-order valence-corrected chi connectivity index (χ3v) is 10.3. The van der Waals surface area contributed by atoms with Gasteiger partial charge in [-0.05, 0) is 61.5 Å². The molecule has 0 amide bonds. The molecule has 1 aliphatic rings. The van der Waals surface area contributed by atoms with E-state index in [0.29, 0.717) is 17.5 Å². The Morgan fingerprint density at radius 2 is 0.941 bits per heavy atom. The number of furan rings is 1. The molecule has 2 aromatic heterocycles. The summed E-state index contributed by atoms with van der Waals surface area (Å²) in [6.07, 6.45) is 0. The predicted octanol–water partition coefficient (Wildman–Crippen LogP) is 12.4. The van der Waals surface area contributed by atoms with Crippen LogP contribution in [0, 0.1) is 0 Å². The van der Waals surface area contributed by atoms with Crippen LogP contribution in [0.25, 0.3) is 111 Å². The van der Waals surface area contributed by atoms with Gasteiger partial charge in [-0.2, -0.15) is 0 Å². The Balaban J connectivity index is 1.13. The fourth-order valence-electron chi connectivity index (χ4n) is 7.96. The number of fused-ring (bicyclic) bond motifs is 7. The number of para-hydroxylation sites is 1. The van der Waals surface area contributed by atoms with Crippen LogP contribution in [0.5, 0.6) is 0 Å². The smallest absolute Gasteiger partial charge is 0.164 e. The van der Waals surface area contributed by atoms with Crippen LogP contribution < -0.4 is 0 Å². The summed E-state index contributed by atoms with van der Waals surface area (Å²) < 4.78 is 6.79. The number of rotatable bonds is 4. The molecular formula is C47H27N3O. The lowest BCUT2D eigenvalue weighted by Gasteiger charge is -2.10. The monoisotopic (exact) mass is 649 g/mol. The van der Waals surface area contributed by atoms with Gasteiger partial charge in [0.05, 0.1) is 0 Å². The van der Waals surface area contributed by atoms with E-state index in [1.807, 2.05) is 42.5 Å². The van der Waals surface area contributed by atoms with Gasteiger partial charge in [0.1, 0.15) is 11.2 Å². The van der Waals surface area contributed by atoms with Gasteiger partial charge in [0.15, 0.2) is 17.5 Å². The maximum atomic E-state index is 6.79. The Hall–Kier alpha value is -6.91. The van der Waals surface area contributed by atoms with Crippen molar-refractivity contribution in [1.82, 2.24) is 15.0 Å². The lowest BCUT2D eigenvalue weighted by atomic mass is 9.93. The number of benzene rings is 8. The lowest BCUT2D eigenvalue weighted by molar-refractivity contribution is 0.670. The van der Waals surface area contributed by atoms with Gasteiger partial charge in [-0.1, -0.05) is 152 Å². The molecule has 0 N–H and O–H groups in total. The molecule has 0 fully saturated rings. The van der Waals surface area contributed by atoms with Crippen molar-refractivity contribution in [2.75, 3.05) is 0 Å². The Morgan fingerprint density at radius 1 is 0.333 bits per heavy atom. The molecule has 0 saturated heterocycles. The van der Waals surface area contributed by atoms with E-state index in [4.69, 9.17) is 19.4 Å². The lowest BCUT2D eigenvalue weighted by Crippen LogP contribution is -2.00. The Labute approximate surface area is 293 Å². The van der Waals surface area contributed by atoms with Crippen LogP contribution in [-0.4, -0.2) is 15.0 Å². The maximum absolute atomic E-state index is 6.79. The molecule has 0 unspecified atom stereocenters. The summed E-state index contributed by atoms with van der Waals surface area (Å²) in [6, 6.07) is 57.3. The molecule has 0 spiro atoms. The first-order valence-electron chi connectivity index (χ1n) is 17.2. The van der Waals surface area contributed by atoms with Gasteiger partial charge in [0.25, 0.3) is 0 Å². The topological polar surface area (TPSA) is 51.8 Å². The van der Waals surface area contributed by atoms with E-state index in [9.17, 15) is 0 Å². The zero-order valence-corrected chi connectivity index (χ0v) is 27.3. The summed E-state index contributed by atoms with van der Waals surface area (Å²) in [5.41, 5.74) is 11.8. The van der Waals surface area contributed by atoms with Gasteiger partial charge in [0.2, 0.25) is 0 Å². The third-order valence-electron chi connectivity index (χ3n) is 10.3. The maximum Gasteiger partial charge on any atom is 0.164 e. The highest BCUT2D eigenvalue weighted by atomic mass is 16.3. The van der Waals surface area contributed by atoms with Crippen molar-refractivity contribution in [2.24, 2.45) is 0 Å². The Kier molecular flexibility index (Phi) is 5.92. The van der Waals surface area contributed by atoms with Gasteiger partial charge in [-0.25, -0.2) is 15.0 Å². The highest BCUT2D eigenvalue weighted by molar-refractivity contribution is 6.21. The predicted molar refractivity (Wildman–Crippen MR) is 208 cm³/mol. The molecule has 4 nitrogen and oxygen atoms in total. The van der Waals surface area contributed by atoms with Crippen LogP contribution in [0.2, 0.25) is 0 Å². The summed E-state index contributed by atoms with van der Waals surface area (Å²) in [5.74, 6) is 1.86. The van der Waals surface area contributed by atoms with E-state index in [0.717, 1.165) is 55.1 Å². The summed E-state index contributed by atoms with van der Waals surface area (Å²) in [4.78, 5) is 15.3. The molecule has 8 aromatic carbocycles. The standard InChI is InChI=1S/C47H27N3O/c1-2-12-29(13-3-1)45-48-46(31-24-23-28-11-4-5-14-30(28)27-31)50-47(49-45)40-21-10-22-41-43(40)39-20-9-19-38(44(39)51-41)34-25-26-37-33-16-7-6-15-32(33)35-17-8-18-36(34)42(35)37/h1-27H. The molecule has 0 aliphatic heterocycles. The zero-order chi connectivity index (χ0) is 33.5. The second-order valence-corrected chi connectivity index (χ2v) is 13.1. The van der Waals surface area contributed by atoms with Crippen LogP contribution in [0.1, 0.15) is 0 Å². The van der Waals surface area contributed by atoms with Crippen molar-refractivity contribution < 1.29 is 4.42 Å². The molecular weight excluding hydrogens is 623 g/mol. The minimum atomic E-state index is 0.605. The largest absolute Gasteiger partial charge is 0.455 e. The van der Waals surface area contributed by atoms with E-state index in [-0.39, 0.29) is 0 Å². The first-order chi connectivity index (χ1) is 25.3. The molecule has 0 bridgehead atoms. The summed E-state index contributed by atoms with van der Waals surface area (Å²) in [7, 11) is 0. The Morgan fingerprint density at radius 3 is 1.78 bits per heavy atom. The molecule has 1 aliphatic carbocycles. The fraction of sp³-hybridized carbons (Fsp3) is 0. The first kappa shape index (κ1) is 28.0. The van der Waals surface area contributed by atoms with E-state index < -0.39 is 0 Å². The molecule has 10 aromatic rings. The number of nitrogens with zero attached hydrogens (tertiary/aromatic N) is 3. The van der Waals surface area contributed by atoms with Crippen molar-refractivity contribution >= 4 is 43.5 Å².